The Bertz CT molecular complexity index is 773. The van der Waals surface area contributed by atoms with E-state index in [-0.39, 0.29) is 47.9 Å². The number of ether oxygens (including phenoxy) is 1. The lowest BCUT2D eigenvalue weighted by molar-refractivity contribution is -0.255. The third-order valence-electron chi connectivity index (χ3n) is 5.31. The van der Waals surface area contributed by atoms with Crippen molar-refractivity contribution < 1.29 is 34.1 Å². The summed E-state index contributed by atoms with van der Waals surface area (Å²) in [7, 11) is 0. The number of aromatic carboxylic acids is 1. The lowest BCUT2D eigenvalue weighted by atomic mass is 9.70. The molecule has 3 aliphatic heterocycles. The third kappa shape index (κ3) is 3.47. The number of carboxylic acid groups (broad SMARTS) is 1. The van der Waals surface area contributed by atoms with Crippen LogP contribution in [0.15, 0.2) is 12.1 Å². The second-order valence-corrected chi connectivity index (χ2v) is 7.36. The zero-order chi connectivity index (χ0) is 19.2. The molecule has 1 aromatic rings. The highest BCUT2D eigenvalue weighted by Gasteiger charge is 2.37. The van der Waals surface area contributed by atoms with Crippen molar-refractivity contribution in [2.45, 2.75) is 37.7 Å². The normalized spacial score (nSPS) is 23.9. The molecule has 3 N–H and O–H groups in total. The van der Waals surface area contributed by atoms with Gasteiger partial charge in [-0.05, 0) is 37.4 Å². The molecule has 0 aliphatic carbocycles. The van der Waals surface area contributed by atoms with E-state index >= 15 is 0 Å². The quantitative estimate of drug-likeness (QED) is 0.528. The Kier molecular flexibility index (Phi) is 4.49. The first-order valence-electron chi connectivity index (χ1n) is 9.19. The van der Waals surface area contributed by atoms with Crippen LogP contribution in [0, 0.1) is 0 Å². The zero-order valence-corrected chi connectivity index (χ0v) is 14.7. The molecule has 27 heavy (non-hydrogen) atoms. The average molecular weight is 376 g/mol. The zero-order valence-electron chi connectivity index (χ0n) is 14.7. The Morgan fingerprint density at radius 3 is 2.78 bits per heavy atom. The molecule has 0 aromatic heterocycles. The number of carboxylic acids is 1. The number of hydrogen-bond donors (Lipinski definition) is 3. The molecule has 0 saturated carbocycles. The Labute approximate surface area is 155 Å². The van der Waals surface area contributed by atoms with Crippen molar-refractivity contribution in [1.29, 1.82) is 0 Å². The number of amides is 1. The molecule has 3 aliphatic rings. The summed E-state index contributed by atoms with van der Waals surface area (Å²) in [6.07, 6.45) is 1.74. The average Bonchev–Trinajstić information content (AvgIpc) is 3.10. The number of likely N-dealkylation sites (tertiary alicyclic amines) is 1. The second kappa shape index (κ2) is 6.70. The first kappa shape index (κ1) is 18.1. The summed E-state index contributed by atoms with van der Waals surface area (Å²) in [6.45, 7) is -1.52. The number of carbonyl (C=O) groups excluding carboxylic acids is 2. The van der Waals surface area contributed by atoms with Crippen LogP contribution in [0.2, 0.25) is 6.32 Å². The smallest absolute Gasteiger partial charge is 0.430 e. The maximum Gasteiger partial charge on any atom is 0.430 e. The number of benzene rings is 1. The van der Waals surface area contributed by atoms with Gasteiger partial charge < -0.3 is 39.6 Å². The lowest BCUT2D eigenvalue weighted by Gasteiger charge is -2.41. The van der Waals surface area contributed by atoms with Crippen LogP contribution in [0.3, 0.4) is 0 Å². The van der Waals surface area contributed by atoms with Gasteiger partial charge in [-0.1, -0.05) is 12.4 Å². The minimum atomic E-state index is -3.10. The van der Waals surface area contributed by atoms with E-state index in [1.807, 2.05) is 0 Å². The first-order valence-corrected chi connectivity index (χ1v) is 9.19. The van der Waals surface area contributed by atoms with Gasteiger partial charge in [-0.15, -0.1) is 0 Å². The maximum absolute atomic E-state index is 12.3. The van der Waals surface area contributed by atoms with Crippen LogP contribution in [-0.4, -0.2) is 65.4 Å². The fraction of sp³-hybridized carbons (Fsp3) is 0.529. The molecule has 0 unspecified atom stereocenters. The van der Waals surface area contributed by atoms with Gasteiger partial charge in [0.15, 0.2) is 0 Å². The molecule has 10 heteroatoms. The van der Waals surface area contributed by atoms with Gasteiger partial charge in [0.2, 0.25) is 5.91 Å². The molecule has 3 heterocycles. The number of hydrogen-bond acceptors (Lipinski definition) is 8. The monoisotopic (exact) mass is 376 g/mol. The van der Waals surface area contributed by atoms with Crippen molar-refractivity contribution >= 4 is 18.6 Å². The summed E-state index contributed by atoms with van der Waals surface area (Å²) in [6, 6.07) is 3.02. The predicted molar refractivity (Wildman–Crippen MR) is 92.1 cm³/mol. The number of carbonyl (C=O) groups is 2. The molecule has 0 bridgehead atoms. The van der Waals surface area contributed by atoms with Gasteiger partial charge in [-0.2, -0.15) is 0 Å². The van der Waals surface area contributed by atoms with Crippen molar-refractivity contribution in [2.75, 3.05) is 19.6 Å². The molecule has 2 saturated heterocycles. The molecule has 146 valence electrons. The molecule has 1 atom stereocenters. The van der Waals surface area contributed by atoms with Crippen molar-refractivity contribution in [2.24, 2.45) is 0 Å². The summed E-state index contributed by atoms with van der Waals surface area (Å²) in [4.78, 5) is 25.6. The highest BCUT2D eigenvalue weighted by atomic mass is 16.6. The molecule has 9 nitrogen and oxygen atoms in total. The SMILES string of the molecule is O=C([O-])c1c(OC2CN(C(=O)[C@@H]3CCCN3)C2)ccc2c1O[B-](O)(O)CC2. The van der Waals surface area contributed by atoms with E-state index in [9.17, 15) is 24.7 Å². The molecule has 0 radical (unpaired) electrons. The van der Waals surface area contributed by atoms with Gasteiger partial charge in [0.05, 0.1) is 36.4 Å². The molecular weight excluding hydrogens is 355 g/mol. The Balaban J connectivity index is 1.47. The Morgan fingerprint density at radius 1 is 1.33 bits per heavy atom. The molecule has 1 amide bonds. The van der Waals surface area contributed by atoms with E-state index in [0.29, 0.717) is 18.7 Å². The van der Waals surface area contributed by atoms with Crippen LogP contribution in [0.5, 0.6) is 11.5 Å². The van der Waals surface area contributed by atoms with Crippen LogP contribution in [0.25, 0.3) is 0 Å². The highest BCUT2D eigenvalue weighted by Crippen LogP contribution is 2.38. The number of aryl methyl sites for hydroxylation is 1. The van der Waals surface area contributed by atoms with E-state index in [4.69, 9.17) is 9.39 Å². The number of fused-ring (bicyclic) bond motifs is 1. The van der Waals surface area contributed by atoms with Crippen molar-refractivity contribution in [3.05, 3.63) is 23.3 Å². The van der Waals surface area contributed by atoms with Gasteiger partial charge in [-0.25, -0.2) is 0 Å². The van der Waals surface area contributed by atoms with Gasteiger partial charge in [-0.3, -0.25) is 4.79 Å². The lowest BCUT2D eigenvalue weighted by Crippen LogP contribution is -2.59. The minimum Gasteiger partial charge on any atom is -0.669 e. The second-order valence-electron chi connectivity index (χ2n) is 7.36. The molecule has 1 aromatic carbocycles. The summed E-state index contributed by atoms with van der Waals surface area (Å²) in [5, 5.41) is 34.3. The molecule has 0 spiro atoms. The standard InChI is InChI=1S/C17H22BN2O7/c21-16(12-2-1-7-19-12)20-8-11(9-20)26-13-4-3-10-5-6-18(24,25)27-15(10)14(13)17(22)23/h3-4,11-12,19,24-25H,1-2,5-9H2,(H,22,23)/q-1/p-1/t12-/m0/s1. The van der Waals surface area contributed by atoms with Crippen LogP contribution >= 0.6 is 0 Å². The molecule has 2 fully saturated rings. The van der Waals surface area contributed by atoms with Crippen LogP contribution < -0.4 is 19.8 Å². The minimum absolute atomic E-state index is 0.00537. The van der Waals surface area contributed by atoms with E-state index < -0.39 is 12.7 Å². The van der Waals surface area contributed by atoms with Gasteiger partial charge in [0.1, 0.15) is 11.9 Å². The fourth-order valence-corrected chi connectivity index (χ4v) is 3.81. The summed E-state index contributed by atoms with van der Waals surface area (Å²) in [5.74, 6) is -1.56. The largest absolute Gasteiger partial charge is 0.669 e. The Hall–Kier alpha value is -2.30. The maximum atomic E-state index is 12.3. The van der Waals surface area contributed by atoms with E-state index in [0.717, 1.165) is 19.4 Å². The topological polar surface area (TPSA) is 131 Å². The van der Waals surface area contributed by atoms with Crippen molar-refractivity contribution in [3.63, 3.8) is 0 Å². The first-order chi connectivity index (χ1) is 12.8. The molecular formula is C17H21BN2O7-2. The fourth-order valence-electron chi connectivity index (χ4n) is 3.81. The van der Waals surface area contributed by atoms with Crippen LogP contribution in [0.1, 0.15) is 28.8 Å². The molecule has 4 rings (SSSR count). The summed E-state index contributed by atoms with van der Waals surface area (Å²) < 4.78 is 10.9. The van der Waals surface area contributed by atoms with Gasteiger partial charge >= 0.3 is 6.75 Å². The van der Waals surface area contributed by atoms with Crippen molar-refractivity contribution in [1.82, 2.24) is 10.2 Å². The summed E-state index contributed by atoms with van der Waals surface area (Å²) in [5.41, 5.74) is 0.226. The third-order valence-corrected chi connectivity index (χ3v) is 5.31. The van der Waals surface area contributed by atoms with E-state index in [2.05, 4.69) is 5.32 Å². The summed E-state index contributed by atoms with van der Waals surface area (Å²) >= 11 is 0. The van der Waals surface area contributed by atoms with Gasteiger partial charge in [0.25, 0.3) is 0 Å². The number of nitrogens with zero attached hydrogens (tertiary/aromatic N) is 1. The van der Waals surface area contributed by atoms with E-state index in [1.54, 1.807) is 11.0 Å². The van der Waals surface area contributed by atoms with Crippen LogP contribution in [0.4, 0.5) is 0 Å². The van der Waals surface area contributed by atoms with Crippen LogP contribution in [-0.2, 0) is 11.2 Å². The van der Waals surface area contributed by atoms with Crippen molar-refractivity contribution in [3.8, 4) is 11.5 Å². The van der Waals surface area contributed by atoms with Gasteiger partial charge in [0, 0.05) is 0 Å². The number of nitrogens with one attached hydrogen (secondary N) is 1. The Morgan fingerprint density at radius 2 is 2.11 bits per heavy atom. The highest BCUT2D eigenvalue weighted by molar-refractivity contribution is 6.59. The number of rotatable bonds is 4. The predicted octanol–water partition coefficient (Wildman–Crippen LogP) is -1.75. The van der Waals surface area contributed by atoms with E-state index in [1.165, 1.54) is 6.07 Å².